The zero-order valence-electron chi connectivity index (χ0n) is 17.1. The van der Waals surface area contributed by atoms with Gasteiger partial charge in [-0.25, -0.2) is 9.07 Å². The Morgan fingerprint density at radius 2 is 1.90 bits per heavy atom. The molecule has 1 saturated heterocycles. The Kier molecular flexibility index (Phi) is 2.06. The quantitative estimate of drug-likeness (QED) is 0.791. The predicted octanol–water partition coefficient (Wildman–Crippen LogP) is 1.71. The van der Waals surface area contributed by atoms with Crippen molar-refractivity contribution in [1.29, 1.82) is 0 Å². The van der Waals surface area contributed by atoms with Crippen LogP contribution in [0.3, 0.4) is 0 Å². The molecule has 0 amide bonds. The summed E-state index contributed by atoms with van der Waals surface area (Å²) in [6, 6.07) is -2.92. The summed E-state index contributed by atoms with van der Waals surface area (Å²) in [4.78, 5) is 0. The van der Waals surface area contributed by atoms with Gasteiger partial charge in [0.1, 0.15) is 11.4 Å². The second-order valence-corrected chi connectivity index (χ2v) is 5.75. The molecule has 3 rings (SSSR count). The lowest BCUT2D eigenvalue weighted by atomic mass is 9.86. The number of rotatable bonds is 2. The molecule has 110 valence electrons. The van der Waals surface area contributed by atoms with Crippen molar-refractivity contribution in [2.45, 2.75) is 38.9 Å². The average molecular weight is 294 g/mol. The molecular formula is C14H17BFN3O2. The van der Waals surface area contributed by atoms with Gasteiger partial charge in [-0.3, -0.25) is 0 Å². The minimum absolute atomic E-state index is 0.0179. The summed E-state index contributed by atoms with van der Waals surface area (Å²) in [5, 5.41) is 7.58. The normalized spacial score (nSPS) is 23.3. The topological polar surface area (TPSA) is 49.2 Å². The van der Waals surface area contributed by atoms with Gasteiger partial charge in [0, 0.05) is 0 Å². The van der Waals surface area contributed by atoms with E-state index in [0.717, 1.165) is 4.68 Å². The van der Waals surface area contributed by atoms with E-state index in [9.17, 15) is 4.39 Å². The first-order chi connectivity index (χ1) is 11.9. The molecular weight excluding hydrogens is 272 g/mol. The molecule has 0 N–H and O–H groups in total. The van der Waals surface area contributed by atoms with E-state index in [2.05, 4.69) is 10.3 Å². The van der Waals surface area contributed by atoms with Gasteiger partial charge in [-0.1, -0.05) is 11.3 Å². The van der Waals surface area contributed by atoms with Crippen LogP contribution in [0.15, 0.2) is 30.3 Å². The van der Waals surface area contributed by atoms with Gasteiger partial charge < -0.3 is 9.31 Å². The van der Waals surface area contributed by atoms with Gasteiger partial charge in [0.2, 0.25) is 0 Å². The minimum Gasteiger partial charge on any atom is -0.398 e. The van der Waals surface area contributed by atoms with Crippen LogP contribution >= 0.6 is 0 Å². The Labute approximate surface area is 130 Å². The number of aromatic nitrogens is 3. The molecule has 0 atom stereocenters. The lowest BCUT2D eigenvalue weighted by Gasteiger charge is -2.32. The SMILES string of the molecule is [2H]c1c([2H])c(F)c([2H])c(-n2nnc(B3OC(C)(C)C(C)(C)O3)c2[2H])c1[2H]. The molecule has 0 saturated carbocycles. The first-order valence-electron chi connectivity index (χ1n) is 8.93. The third-order valence-corrected chi connectivity index (χ3v) is 3.73. The number of hydrogen-bond donors (Lipinski definition) is 0. The molecule has 0 bridgehead atoms. The molecule has 21 heavy (non-hydrogen) atoms. The van der Waals surface area contributed by atoms with Crippen molar-refractivity contribution in [3.63, 3.8) is 0 Å². The van der Waals surface area contributed by atoms with E-state index >= 15 is 0 Å². The smallest absolute Gasteiger partial charge is 0.398 e. The van der Waals surface area contributed by atoms with Gasteiger partial charge in [0.15, 0.2) is 0 Å². The molecule has 2 aromatic rings. The molecule has 0 unspecified atom stereocenters. The Balaban J connectivity index is 2.10. The van der Waals surface area contributed by atoms with E-state index in [4.69, 9.17) is 16.2 Å². The number of halogens is 1. The Bertz CT molecular complexity index is 860. The molecule has 1 aromatic carbocycles. The molecule has 1 aromatic heterocycles. The zero-order chi connectivity index (χ0) is 19.6. The van der Waals surface area contributed by atoms with Gasteiger partial charge in [-0.2, -0.15) is 0 Å². The van der Waals surface area contributed by atoms with E-state index in [1.165, 1.54) is 0 Å². The maximum Gasteiger partial charge on any atom is 0.518 e. The molecule has 0 radical (unpaired) electrons. The standard InChI is InChI=1S/C14H17BFN3O2/c1-13(2)14(3,4)21-15(20-13)12-9-19(18-17-12)11-7-5-6-10(16)8-11/h5-9H,1-4H3/i5D,6D,7D,8D,9D. The molecule has 1 aliphatic heterocycles. The average Bonchev–Trinajstić information content (AvgIpc) is 3.01. The second kappa shape index (κ2) is 4.64. The minimum atomic E-state index is -1.26. The molecule has 0 spiro atoms. The van der Waals surface area contributed by atoms with Crippen molar-refractivity contribution >= 4 is 12.7 Å². The van der Waals surface area contributed by atoms with Crippen LogP contribution in [0, 0.1) is 5.82 Å². The Morgan fingerprint density at radius 3 is 2.57 bits per heavy atom. The summed E-state index contributed by atoms with van der Waals surface area (Å²) in [6.07, 6.45) is -0.345. The lowest BCUT2D eigenvalue weighted by molar-refractivity contribution is 0.00578. The maximum absolute atomic E-state index is 14.0. The zero-order valence-corrected chi connectivity index (χ0v) is 12.1. The van der Waals surface area contributed by atoms with Crippen LogP contribution in [-0.4, -0.2) is 33.3 Å². The maximum atomic E-state index is 14.0. The summed E-state index contributed by atoms with van der Waals surface area (Å²) in [5.74, 6) is -1.26. The van der Waals surface area contributed by atoms with Crippen LogP contribution in [0.2, 0.25) is 0 Å². The van der Waals surface area contributed by atoms with Gasteiger partial charge in [0.25, 0.3) is 0 Å². The fourth-order valence-electron chi connectivity index (χ4n) is 1.82. The highest BCUT2D eigenvalue weighted by atomic mass is 19.1. The van der Waals surface area contributed by atoms with E-state index in [1.807, 2.05) is 27.7 Å². The number of hydrogen-bond acceptors (Lipinski definition) is 4. The molecule has 0 aliphatic carbocycles. The highest BCUT2D eigenvalue weighted by Gasteiger charge is 2.52. The number of nitrogens with zero attached hydrogens (tertiary/aromatic N) is 3. The van der Waals surface area contributed by atoms with Crippen molar-refractivity contribution in [2.24, 2.45) is 0 Å². The fourth-order valence-corrected chi connectivity index (χ4v) is 1.82. The van der Waals surface area contributed by atoms with E-state index in [1.54, 1.807) is 0 Å². The summed E-state index contributed by atoms with van der Waals surface area (Å²) < 4.78 is 65.5. The molecule has 1 fully saturated rings. The fraction of sp³-hybridized carbons (Fsp3) is 0.429. The lowest BCUT2D eigenvalue weighted by Crippen LogP contribution is -2.41. The van der Waals surface area contributed by atoms with Crippen molar-refractivity contribution in [1.82, 2.24) is 15.0 Å². The first-order valence-corrected chi connectivity index (χ1v) is 6.43. The molecule has 2 heterocycles. The van der Waals surface area contributed by atoms with Crippen molar-refractivity contribution in [3.05, 3.63) is 36.2 Å². The van der Waals surface area contributed by atoms with Crippen molar-refractivity contribution in [2.75, 3.05) is 0 Å². The Hall–Kier alpha value is -1.73. The van der Waals surface area contributed by atoms with Crippen LogP contribution in [0.25, 0.3) is 5.69 Å². The van der Waals surface area contributed by atoms with Crippen LogP contribution in [-0.2, 0) is 9.31 Å². The Morgan fingerprint density at radius 1 is 1.24 bits per heavy atom. The van der Waals surface area contributed by atoms with Gasteiger partial charge in [-0.05, 0) is 45.8 Å². The van der Waals surface area contributed by atoms with Crippen molar-refractivity contribution < 1.29 is 20.6 Å². The van der Waals surface area contributed by atoms with Gasteiger partial charge >= 0.3 is 7.12 Å². The molecule has 7 heteroatoms. The van der Waals surface area contributed by atoms with E-state index in [0.29, 0.717) is 0 Å². The third kappa shape index (κ3) is 2.47. The summed E-state index contributed by atoms with van der Waals surface area (Å²) in [5.41, 5.74) is -1.74. The predicted molar refractivity (Wildman–Crippen MR) is 77.0 cm³/mol. The largest absolute Gasteiger partial charge is 0.518 e. The third-order valence-electron chi connectivity index (χ3n) is 3.73. The highest BCUT2D eigenvalue weighted by molar-refractivity contribution is 6.61. The monoisotopic (exact) mass is 294 g/mol. The first kappa shape index (κ1) is 9.32. The number of benzene rings is 1. The summed E-state index contributed by atoms with van der Waals surface area (Å²) in [6.45, 7) is 7.33. The van der Waals surface area contributed by atoms with Gasteiger partial charge in [-0.15, -0.1) is 5.10 Å². The summed E-state index contributed by atoms with van der Waals surface area (Å²) >= 11 is 0. The summed E-state index contributed by atoms with van der Waals surface area (Å²) in [7, 11) is -0.986. The van der Waals surface area contributed by atoms with Crippen LogP contribution in [0.4, 0.5) is 4.39 Å². The van der Waals surface area contributed by atoms with Crippen molar-refractivity contribution in [3.8, 4) is 5.69 Å². The van der Waals surface area contributed by atoms with Crippen LogP contribution in [0.1, 0.15) is 34.5 Å². The van der Waals surface area contributed by atoms with E-state index < -0.39 is 54.0 Å². The second-order valence-electron chi connectivity index (χ2n) is 5.75. The highest BCUT2D eigenvalue weighted by Crippen LogP contribution is 2.36. The molecule has 5 nitrogen and oxygen atoms in total. The molecule has 1 aliphatic rings. The van der Waals surface area contributed by atoms with Gasteiger partial charge in [0.05, 0.1) is 29.9 Å². The van der Waals surface area contributed by atoms with Crippen LogP contribution < -0.4 is 5.59 Å². The van der Waals surface area contributed by atoms with Crippen LogP contribution in [0.5, 0.6) is 0 Å². The van der Waals surface area contributed by atoms with E-state index in [-0.39, 0.29) is 11.8 Å².